The maximum absolute atomic E-state index is 12.4. The number of nitrogens with one attached hydrogen (secondary N) is 1. The molecule has 0 saturated carbocycles. The highest BCUT2D eigenvalue weighted by Gasteiger charge is 2.30. The molecule has 1 atom stereocenters. The Hall–Kier alpha value is -1.96. The highest BCUT2D eigenvalue weighted by molar-refractivity contribution is 7.14. The van der Waals surface area contributed by atoms with Crippen LogP contribution in [0.1, 0.15) is 30.3 Å². The third-order valence-corrected chi connectivity index (χ3v) is 4.01. The van der Waals surface area contributed by atoms with Gasteiger partial charge in [-0.05, 0) is 12.8 Å². The third-order valence-electron chi connectivity index (χ3n) is 3.25. The van der Waals surface area contributed by atoms with Crippen molar-refractivity contribution in [2.24, 2.45) is 5.92 Å². The van der Waals surface area contributed by atoms with Crippen molar-refractivity contribution in [2.45, 2.75) is 19.8 Å². The number of aromatic nitrogens is 1. The summed E-state index contributed by atoms with van der Waals surface area (Å²) in [5.74, 6) is -1.02. The number of esters is 1. The number of carbonyl (C=O) groups excluding carboxylic acids is 3. The molecule has 1 aromatic rings. The Labute approximate surface area is 126 Å². The smallest absolute Gasteiger partial charge is 0.310 e. The van der Waals surface area contributed by atoms with Gasteiger partial charge in [-0.25, -0.2) is 4.98 Å². The molecule has 0 aliphatic carbocycles. The molecule has 1 N–H and O–H groups in total. The van der Waals surface area contributed by atoms with E-state index in [1.165, 1.54) is 25.4 Å². The van der Waals surface area contributed by atoms with Gasteiger partial charge in [-0.15, -0.1) is 11.3 Å². The lowest BCUT2D eigenvalue weighted by molar-refractivity contribution is -0.146. The largest absolute Gasteiger partial charge is 0.469 e. The lowest BCUT2D eigenvalue weighted by Crippen LogP contribution is -2.42. The van der Waals surface area contributed by atoms with Crippen molar-refractivity contribution in [3.8, 4) is 0 Å². The van der Waals surface area contributed by atoms with E-state index in [0.29, 0.717) is 18.2 Å². The van der Waals surface area contributed by atoms with Crippen molar-refractivity contribution >= 4 is 34.3 Å². The minimum Gasteiger partial charge on any atom is -0.469 e. The van der Waals surface area contributed by atoms with Crippen LogP contribution in [0.15, 0.2) is 5.38 Å². The van der Waals surface area contributed by atoms with E-state index in [4.69, 9.17) is 4.74 Å². The van der Waals surface area contributed by atoms with Crippen molar-refractivity contribution in [1.29, 1.82) is 0 Å². The number of nitrogens with zero attached hydrogens (tertiary/aromatic N) is 2. The molecular weight excluding hydrogens is 294 g/mol. The fraction of sp³-hybridized carbons (Fsp3) is 0.538. The molecular formula is C13H17N3O4S. The van der Waals surface area contributed by atoms with Crippen LogP contribution in [0.25, 0.3) is 0 Å². The topological polar surface area (TPSA) is 88.6 Å². The van der Waals surface area contributed by atoms with Gasteiger partial charge >= 0.3 is 5.97 Å². The summed E-state index contributed by atoms with van der Waals surface area (Å²) in [6.45, 7) is 2.33. The van der Waals surface area contributed by atoms with Gasteiger partial charge in [-0.1, -0.05) is 0 Å². The van der Waals surface area contributed by atoms with Crippen molar-refractivity contribution in [3.05, 3.63) is 11.1 Å². The zero-order valence-electron chi connectivity index (χ0n) is 11.9. The van der Waals surface area contributed by atoms with E-state index in [0.717, 1.165) is 12.8 Å². The van der Waals surface area contributed by atoms with Gasteiger partial charge < -0.3 is 15.0 Å². The van der Waals surface area contributed by atoms with E-state index in [2.05, 4.69) is 10.3 Å². The van der Waals surface area contributed by atoms with Crippen LogP contribution in [0.2, 0.25) is 0 Å². The van der Waals surface area contributed by atoms with Crippen molar-refractivity contribution in [3.63, 3.8) is 0 Å². The average Bonchev–Trinajstić information content (AvgIpc) is 2.93. The first-order valence-electron chi connectivity index (χ1n) is 6.61. The Morgan fingerprint density at radius 2 is 2.24 bits per heavy atom. The van der Waals surface area contributed by atoms with E-state index in [1.54, 1.807) is 10.3 Å². The van der Waals surface area contributed by atoms with Crippen molar-refractivity contribution < 1.29 is 19.1 Å². The molecule has 8 heteroatoms. The standard InChI is InChI=1S/C13H17N3O4S/c1-8(17)14-13-15-10(7-21-13)11(18)16-5-3-4-9(6-16)12(19)20-2/h7,9H,3-6H2,1-2H3,(H,14,15,17). The summed E-state index contributed by atoms with van der Waals surface area (Å²) in [7, 11) is 1.35. The van der Waals surface area contributed by atoms with E-state index in [1.807, 2.05) is 0 Å². The summed E-state index contributed by atoms with van der Waals surface area (Å²) in [4.78, 5) is 40.6. The molecule has 1 fully saturated rings. The lowest BCUT2D eigenvalue weighted by Gasteiger charge is -2.30. The minimum absolute atomic E-state index is 0.226. The SMILES string of the molecule is COC(=O)C1CCCN(C(=O)c2csc(NC(C)=O)n2)C1. The number of likely N-dealkylation sites (tertiary alicyclic amines) is 1. The fourth-order valence-corrected chi connectivity index (χ4v) is 2.99. The van der Waals surface area contributed by atoms with Gasteiger partial charge in [-0.3, -0.25) is 14.4 Å². The number of anilines is 1. The summed E-state index contributed by atoms with van der Waals surface area (Å²) in [5, 5.41) is 4.54. The van der Waals surface area contributed by atoms with Crippen LogP contribution < -0.4 is 5.32 Å². The van der Waals surface area contributed by atoms with E-state index < -0.39 is 0 Å². The normalized spacial score (nSPS) is 18.2. The molecule has 0 bridgehead atoms. The Bertz CT molecular complexity index is 557. The second kappa shape index (κ2) is 6.66. The number of thiazole rings is 1. The van der Waals surface area contributed by atoms with Gasteiger partial charge in [0.15, 0.2) is 5.13 Å². The van der Waals surface area contributed by atoms with Gasteiger partial charge in [0.25, 0.3) is 5.91 Å². The summed E-state index contributed by atoms with van der Waals surface area (Å²) in [6, 6.07) is 0. The maximum atomic E-state index is 12.4. The molecule has 114 valence electrons. The molecule has 0 radical (unpaired) electrons. The molecule has 2 heterocycles. The quantitative estimate of drug-likeness (QED) is 0.845. The first-order valence-corrected chi connectivity index (χ1v) is 7.49. The number of hydrogen-bond acceptors (Lipinski definition) is 6. The van der Waals surface area contributed by atoms with Crippen LogP contribution in [0.5, 0.6) is 0 Å². The van der Waals surface area contributed by atoms with Crippen LogP contribution in [-0.4, -0.2) is 47.9 Å². The van der Waals surface area contributed by atoms with Crippen LogP contribution in [0, 0.1) is 5.92 Å². The second-order valence-electron chi connectivity index (χ2n) is 4.83. The molecule has 2 amide bonds. The molecule has 1 aromatic heterocycles. The molecule has 0 spiro atoms. The first-order chi connectivity index (χ1) is 10.0. The Morgan fingerprint density at radius 3 is 2.90 bits per heavy atom. The molecule has 1 saturated heterocycles. The molecule has 1 aliphatic heterocycles. The van der Waals surface area contributed by atoms with Crippen LogP contribution in [0.4, 0.5) is 5.13 Å². The summed E-state index contributed by atoms with van der Waals surface area (Å²) < 4.78 is 4.73. The van der Waals surface area contributed by atoms with Crippen LogP contribution in [0.3, 0.4) is 0 Å². The van der Waals surface area contributed by atoms with Crippen LogP contribution >= 0.6 is 11.3 Å². The first kappa shape index (κ1) is 15.4. The Morgan fingerprint density at radius 1 is 1.48 bits per heavy atom. The van der Waals surface area contributed by atoms with Gasteiger partial charge in [-0.2, -0.15) is 0 Å². The number of hydrogen-bond donors (Lipinski definition) is 1. The molecule has 1 aliphatic rings. The third kappa shape index (κ3) is 3.78. The Kier molecular flexibility index (Phi) is 4.89. The van der Waals surface area contributed by atoms with Gasteiger partial charge in [0.05, 0.1) is 13.0 Å². The number of piperidine rings is 1. The molecule has 0 aromatic carbocycles. The monoisotopic (exact) mass is 311 g/mol. The maximum Gasteiger partial charge on any atom is 0.310 e. The van der Waals surface area contributed by atoms with Crippen molar-refractivity contribution in [1.82, 2.24) is 9.88 Å². The number of rotatable bonds is 3. The predicted molar refractivity (Wildman–Crippen MR) is 77.1 cm³/mol. The minimum atomic E-state index is -0.287. The number of amides is 2. The summed E-state index contributed by atoms with van der Waals surface area (Å²) >= 11 is 1.20. The lowest BCUT2D eigenvalue weighted by atomic mass is 9.98. The number of carbonyl (C=O) groups is 3. The molecule has 1 unspecified atom stereocenters. The van der Waals surface area contributed by atoms with Gasteiger partial charge in [0, 0.05) is 25.4 Å². The van der Waals surface area contributed by atoms with E-state index in [9.17, 15) is 14.4 Å². The second-order valence-corrected chi connectivity index (χ2v) is 5.69. The highest BCUT2D eigenvalue weighted by Crippen LogP contribution is 2.22. The van der Waals surface area contributed by atoms with Gasteiger partial charge in [0.1, 0.15) is 5.69 Å². The molecule has 7 nitrogen and oxygen atoms in total. The van der Waals surface area contributed by atoms with Crippen molar-refractivity contribution in [2.75, 3.05) is 25.5 Å². The zero-order valence-corrected chi connectivity index (χ0v) is 12.7. The fourth-order valence-electron chi connectivity index (χ4n) is 2.26. The molecule has 2 rings (SSSR count). The Balaban J connectivity index is 2.03. The summed E-state index contributed by atoms with van der Waals surface area (Å²) in [5.41, 5.74) is 0.286. The van der Waals surface area contributed by atoms with Gasteiger partial charge in [0.2, 0.25) is 5.91 Å². The summed E-state index contributed by atoms with van der Waals surface area (Å²) in [6.07, 6.45) is 1.48. The van der Waals surface area contributed by atoms with E-state index >= 15 is 0 Å². The highest BCUT2D eigenvalue weighted by atomic mass is 32.1. The van der Waals surface area contributed by atoms with Crippen LogP contribution in [-0.2, 0) is 14.3 Å². The predicted octanol–water partition coefficient (Wildman–Crippen LogP) is 1.13. The number of ether oxygens (including phenoxy) is 1. The number of methoxy groups -OCH3 is 1. The molecule has 21 heavy (non-hydrogen) atoms. The van der Waals surface area contributed by atoms with E-state index in [-0.39, 0.29) is 29.4 Å². The average molecular weight is 311 g/mol. The zero-order chi connectivity index (χ0) is 15.4.